The summed E-state index contributed by atoms with van der Waals surface area (Å²) in [5.74, 6) is 0.993. The van der Waals surface area contributed by atoms with Gasteiger partial charge in [-0.1, -0.05) is 11.6 Å². The molecule has 0 bridgehead atoms. The summed E-state index contributed by atoms with van der Waals surface area (Å²) in [7, 11) is 1.61. The third-order valence-electron chi connectivity index (χ3n) is 3.70. The minimum absolute atomic E-state index is 0.0976. The summed E-state index contributed by atoms with van der Waals surface area (Å²) in [6.07, 6.45) is 0.587. The zero-order valence-electron chi connectivity index (χ0n) is 13.3. The van der Waals surface area contributed by atoms with Crippen LogP contribution in [0.3, 0.4) is 0 Å². The molecule has 0 aliphatic carbocycles. The zero-order chi connectivity index (χ0) is 16.8. The van der Waals surface area contributed by atoms with Crippen molar-refractivity contribution in [2.45, 2.75) is 19.3 Å². The molecule has 0 aliphatic rings. The van der Waals surface area contributed by atoms with E-state index in [1.807, 2.05) is 19.1 Å². The van der Waals surface area contributed by atoms with Gasteiger partial charge in [0.15, 0.2) is 0 Å². The quantitative estimate of drug-likeness (QED) is 0.824. The first-order valence-electron chi connectivity index (χ1n) is 7.53. The van der Waals surface area contributed by atoms with Crippen LogP contribution >= 0.6 is 11.6 Å². The molecule has 1 atom stereocenters. The molecule has 0 heterocycles. The van der Waals surface area contributed by atoms with Crippen molar-refractivity contribution in [3.05, 3.63) is 58.4 Å². The monoisotopic (exact) mass is 337 g/mol. The van der Waals surface area contributed by atoms with E-state index in [4.69, 9.17) is 26.8 Å². The predicted molar refractivity (Wildman–Crippen MR) is 91.1 cm³/mol. The Hall–Kier alpha value is -1.78. The number of methoxy groups -OCH3 is 1. The highest BCUT2D eigenvalue weighted by Crippen LogP contribution is 2.33. The maximum absolute atomic E-state index is 13.7. The van der Waals surface area contributed by atoms with E-state index in [1.165, 1.54) is 12.1 Å². The van der Waals surface area contributed by atoms with Crippen LogP contribution in [-0.2, 0) is 6.42 Å². The molecule has 23 heavy (non-hydrogen) atoms. The second kappa shape index (κ2) is 8.18. The lowest BCUT2D eigenvalue weighted by atomic mass is 9.91. The highest BCUT2D eigenvalue weighted by atomic mass is 35.5. The van der Waals surface area contributed by atoms with Crippen molar-refractivity contribution >= 4 is 11.6 Å². The zero-order valence-corrected chi connectivity index (χ0v) is 14.1. The minimum atomic E-state index is -0.306. The number of benzene rings is 2. The van der Waals surface area contributed by atoms with E-state index < -0.39 is 0 Å². The van der Waals surface area contributed by atoms with Crippen LogP contribution in [0.5, 0.6) is 11.5 Å². The van der Waals surface area contributed by atoms with Gasteiger partial charge in [0.05, 0.1) is 13.7 Å². The van der Waals surface area contributed by atoms with Gasteiger partial charge in [0.25, 0.3) is 0 Å². The van der Waals surface area contributed by atoms with Gasteiger partial charge in [-0.25, -0.2) is 4.39 Å². The Balaban J connectivity index is 2.37. The molecule has 5 heteroatoms. The first-order valence-corrected chi connectivity index (χ1v) is 7.91. The van der Waals surface area contributed by atoms with Gasteiger partial charge in [-0.15, -0.1) is 0 Å². The maximum Gasteiger partial charge on any atom is 0.123 e. The molecule has 0 spiro atoms. The maximum atomic E-state index is 13.7. The number of ether oxygens (including phenoxy) is 2. The van der Waals surface area contributed by atoms with Gasteiger partial charge in [-0.2, -0.15) is 0 Å². The molecule has 2 rings (SSSR count). The van der Waals surface area contributed by atoms with Crippen molar-refractivity contribution in [3.8, 4) is 11.5 Å². The molecule has 2 aromatic carbocycles. The Labute approximate surface area is 141 Å². The van der Waals surface area contributed by atoms with E-state index in [9.17, 15) is 4.39 Å². The Morgan fingerprint density at radius 1 is 1.17 bits per heavy atom. The van der Waals surface area contributed by atoms with Gasteiger partial charge in [0, 0.05) is 16.5 Å². The molecule has 2 N–H and O–H groups in total. The molecule has 0 aromatic heterocycles. The summed E-state index contributed by atoms with van der Waals surface area (Å²) in [5.41, 5.74) is 7.64. The average molecular weight is 338 g/mol. The second-order valence-corrected chi connectivity index (χ2v) is 5.64. The predicted octanol–water partition coefficient (Wildman–Crippen LogP) is 4.17. The van der Waals surface area contributed by atoms with Crippen LogP contribution in [0.2, 0.25) is 5.02 Å². The number of hydrogen-bond donors (Lipinski definition) is 1. The van der Waals surface area contributed by atoms with Gasteiger partial charge in [-0.05, 0) is 61.9 Å². The summed E-state index contributed by atoms with van der Waals surface area (Å²) in [4.78, 5) is 0. The van der Waals surface area contributed by atoms with Crippen LogP contribution in [0.4, 0.5) is 4.39 Å². The first kappa shape index (κ1) is 17.6. The number of hydrogen-bond acceptors (Lipinski definition) is 3. The number of halogens is 2. The van der Waals surface area contributed by atoms with Crippen molar-refractivity contribution in [1.29, 1.82) is 0 Å². The summed E-state index contributed by atoms with van der Waals surface area (Å²) < 4.78 is 24.7. The Morgan fingerprint density at radius 3 is 2.57 bits per heavy atom. The SMILES string of the molecule is CCOc1ccc(F)cc1C(CN)Cc1cc(Cl)ccc1OC. The fourth-order valence-electron chi connectivity index (χ4n) is 2.62. The van der Waals surface area contributed by atoms with Crippen molar-refractivity contribution < 1.29 is 13.9 Å². The molecule has 0 aliphatic heterocycles. The van der Waals surface area contributed by atoms with Crippen molar-refractivity contribution in [1.82, 2.24) is 0 Å². The van der Waals surface area contributed by atoms with Crippen LogP contribution < -0.4 is 15.2 Å². The fraction of sp³-hybridized carbons (Fsp3) is 0.333. The molecule has 1 unspecified atom stereocenters. The first-order chi connectivity index (χ1) is 11.1. The molecule has 3 nitrogen and oxygen atoms in total. The molecule has 0 saturated carbocycles. The van der Waals surface area contributed by atoms with Crippen molar-refractivity contribution in [2.24, 2.45) is 5.73 Å². The second-order valence-electron chi connectivity index (χ2n) is 5.21. The van der Waals surface area contributed by atoms with Gasteiger partial charge < -0.3 is 15.2 Å². The number of rotatable bonds is 7. The Bertz CT molecular complexity index is 663. The topological polar surface area (TPSA) is 44.5 Å². The third kappa shape index (κ3) is 4.36. The lowest BCUT2D eigenvalue weighted by molar-refractivity contribution is 0.333. The van der Waals surface area contributed by atoms with E-state index in [-0.39, 0.29) is 11.7 Å². The smallest absolute Gasteiger partial charge is 0.123 e. The van der Waals surface area contributed by atoms with Crippen LogP contribution in [-0.4, -0.2) is 20.3 Å². The van der Waals surface area contributed by atoms with Gasteiger partial charge in [0.1, 0.15) is 17.3 Å². The molecule has 124 valence electrons. The molecule has 2 aromatic rings. The van der Waals surface area contributed by atoms with Crippen molar-refractivity contribution in [2.75, 3.05) is 20.3 Å². The minimum Gasteiger partial charge on any atom is -0.496 e. The van der Waals surface area contributed by atoms with Gasteiger partial charge >= 0.3 is 0 Å². The molecular weight excluding hydrogens is 317 g/mol. The van der Waals surface area contributed by atoms with E-state index in [0.29, 0.717) is 30.3 Å². The van der Waals surface area contributed by atoms with Gasteiger partial charge in [-0.3, -0.25) is 0 Å². The highest BCUT2D eigenvalue weighted by molar-refractivity contribution is 6.30. The van der Waals surface area contributed by atoms with E-state index >= 15 is 0 Å². The normalized spacial score (nSPS) is 12.0. The van der Waals surface area contributed by atoms with Crippen LogP contribution in [0.15, 0.2) is 36.4 Å². The average Bonchev–Trinajstić information content (AvgIpc) is 2.54. The number of nitrogens with two attached hydrogens (primary N) is 1. The van der Waals surface area contributed by atoms with Gasteiger partial charge in [0.2, 0.25) is 0 Å². The summed E-state index contributed by atoms with van der Waals surface area (Å²) in [6.45, 7) is 2.76. The summed E-state index contributed by atoms with van der Waals surface area (Å²) in [5, 5.41) is 0.626. The fourth-order valence-corrected chi connectivity index (χ4v) is 2.81. The van der Waals surface area contributed by atoms with E-state index in [2.05, 4.69) is 0 Å². The van der Waals surface area contributed by atoms with Crippen molar-refractivity contribution in [3.63, 3.8) is 0 Å². The summed E-state index contributed by atoms with van der Waals surface area (Å²) >= 11 is 6.08. The van der Waals surface area contributed by atoms with E-state index in [0.717, 1.165) is 16.9 Å². The Morgan fingerprint density at radius 2 is 1.91 bits per heavy atom. The standard InChI is InChI=1S/C18H21ClFNO2/c1-3-23-18-7-5-15(20)10-16(18)13(11-21)8-12-9-14(19)4-6-17(12)22-2/h4-7,9-10,13H,3,8,11,21H2,1-2H3. The summed E-state index contributed by atoms with van der Waals surface area (Å²) in [6, 6.07) is 9.96. The molecule has 0 radical (unpaired) electrons. The third-order valence-corrected chi connectivity index (χ3v) is 3.94. The van der Waals surface area contributed by atoms with Crippen LogP contribution in [0, 0.1) is 5.82 Å². The lowest BCUT2D eigenvalue weighted by Gasteiger charge is -2.20. The van der Waals surface area contributed by atoms with Crippen LogP contribution in [0.1, 0.15) is 24.0 Å². The molecular formula is C18H21ClFNO2. The Kier molecular flexibility index (Phi) is 6.25. The largest absolute Gasteiger partial charge is 0.496 e. The lowest BCUT2D eigenvalue weighted by Crippen LogP contribution is -2.17. The van der Waals surface area contributed by atoms with Crippen LogP contribution in [0.25, 0.3) is 0 Å². The molecule has 0 amide bonds. The highest BCUT2D eigenvalue weighted by Gasteiger charge is 2.19. The molecule has 0 fully saturated rings. The molecule has 0 saturated heterocycles. The van der Waals surface area contributed by atoms with E-state index in [1.54, 1.807) is 19.2 Å².